The van der Waals surface area contributed by atoms with Gasteiger partial charge in [0.1, 0.15) is 17.2 Å². The lowest BCUT2D eigenvalue weighted by Gasteiger charge is -2.31. The van der Waals surface area contributed by atoms with Crippen molar-refractivity contribution in [3.05, 3.63) is 0 Å². The van der Waals surface area contributed by atoms with Crippen molar-refractivity contribution in [1.29, 1.82) is 0 Å². The summed E-state index contributed by atoms with van der Waals surface area (Å²) in [6.45, 7) is 13.2. The molecule has 7 nitrogen and oxygen atoms in total. The van der Waals surface area contributed by atoms with Gasteiger partial charge < -0.3 is 9.47 Å². The van der Waals surface area contributed by atoms with E-state index in [0.717, 1.165) is 4.90 Å². The number of carbonyl (C=O) groups is 2. The Labute approximate surface area is 171 Å². The van der Waals surface area contributed by atoms with Crippen molar-refractivity contribution in [2.45, 2.75) is 91.0 Å². The Morgan fingerprint density at radius 1 is 1.03 bits per heavy atom. The number of amides is 1. The average Bonchev–Trinajstić information content (AvgIpc) is 3.02. The first kappa shape index (κ1) is 23.8. The van der Waals surface area contributed by atoms with Crippen LogP contribution in [0.25, 0.3) is 0 Å². The summed E-state index contributed by atoms with van der Waals surface area (Å²) in [6.07, 6.45) is -0.502. The van der Waals surface area contributed by atoms with E-state index in [1.165, 1.54) is 5.06 Å². The average molecular weight is 420 g/mol. The number of halogens is 2. The van der Waals surface area contributed by atoms with Gasteiger partial charge in [-0.25, -0.2) is 13.6 Å². The normalized spacial score (nSPS) is 25.1. The number of alkyl halides is 2. The predicted molar refractivity (Wildman–Crippen MR) is 102 cm³/mol. The van der Waals surface area contributed by atoms with Gasteiger partial charge in [-0.2, -0.15) is 5.06 Å². The third-order valence-corrected chi connectivity index (χ3v) is 4.84. The van der Waals surface area contributed by atoms with Crippen LogP contribution in [0.1, 0.15) is 61.8 Å². The van der Waals surface area contributed by atoms with Crippen molar-refractivity contribution in [2.75, 3.05) is 19.7 Å². The van der Waals surface area contributed by atoms with Gasteiger partial charge in [-0.3, -0.25) is 14.5 Å². The Balaban J connectivity index is 2.05. The molecule has 9 heteroatoms. The monoisotopic (exact) mass is 420 g/mol. The quantitative estimate of drug-likeness (QED) is 0.647. The van der Waals surface area contributed by atoms with E-state index < -0.39 is 53.2 Å². The van der Waals surface area contributed by atoms with Crippen LogP contribution in [0.3, 0.4) is 0 Å². The summed E-state index contributed by atoms with van der Waals surface area (Å²) in [5, 5.41) is 1.21. The molecule has 0 N–H and O–H groups in total. The number of hydrogen-bond donors (Lipinski definition) is 0. The molecular formula is C20H34F2N2O5. The molecule has 2 fully saturated rings. The molecule has 2 unspecified atom stereocenters. The zero-order valence-electron chi connectivity index (χ0n) is 18.7. The Morgan fingerprint density at radius 2 is 1.59 bits per heavy atom. The number of rotatable bonds is 4. The highest BCUT2D eigenvalue weighted by atomic mass is 19.3. The molecule has 2 heterocycles. The van der Waals surface area contributed by atoms with Gasteiger partial charge >= 0.3 is 12.1 Å². The Kier molecular flexibility index (Phi) is 6.28. The maximum absolute atomic E-state index is 14.7. The largest absolute Gasteiger partial charge is 0.460 e. The summed E-state index contributed by atoms with van der Waals surface area (Å²) < 4.78 is 40.2. The lowest BCUT2D eigenvalue weighted by Crippen LogP contribution is -2.47. The summed E-state index contributed by atoms with van der Waals surface area (Å²) in [4.78, 5) is 31.3. The van der Waals surface area contributed by atoms with Gasteiger partial charge in [0.05, 0.1) is 24.6 Å². The summed E-state index contributed by atoms with van der Waals surface area (Å²) in [6, 6.07) is -2.08. The van der Waals surface area contributed by atoms with E-state index in [2.05, 4.69) is 0 Å². The number of carbonyl (C=O) groups excluding carboxylic acids is 2. The van der Waals surface area contributed by atoms with Crippen LogP contribution in [0.15, 0.2) is 0 Å². The van der Waals surface area contributed by atoms with Crippen molar-refractivity contribution >= 4 is 12.1 Å². The SMILES string of the molecule is CC(C)(C)OC(=O)N1CC(F)(F)C2C1CON2CCC(C)(C)C(=O)OC(C)(C)C. The fraction of sp³-hybridized carbons (Fsp3) is 0.900. The molecule has 0 aromatic rings. The number of likely N-dealkylation sites (tertiary alicyclic amines) is 1. The fourth-order valence-corrected chi connectivity index (χ4v) is 3.36. The smallest absolute Gasteiger partial charge is 0.410 e. The number of nitrogens with zero attached hydrogens (tertiary/aromatic N) is 2. The molecular weight excluding hydrogens is 386 g/mol. The van der Waals surface area contributed by atoms with Gasteiger partial charge in [0.25, 0.3) is 5.92 Å². The highest BCUT2D eigenvalue weighted by Crippen LogP contribution is 2.41. The van der Waals surface area contributed by atoms with Gasteiger partial charge in [0, 0.05) is 6.54 Å². The molecule has 168 valence electrons. The number of fused-ring (bicyclic) bond motifs is 1. The van der Waals surface area contributed by atoms with Crippen molar-refractivity contribution in [2.24, 2.45) is 5.41 Å². The minimum atomic E-state index is -3.14. The van der Waals surface area contributed by atoms with Crippen LogP contribution < -0.4 is 0 Å². The molecule has 2 aliphatic heterocycles. The van der Waals surface area contributed by atoms with Crippen molar-refractivity contribution in [3.63, 3.8) is 0 Å². The zero-order valence-corrected chi connectivity index (χ0v) is 18.7. The summed E-state index contributed by atoms with van der Waals surface area (Å²) >= 11 is 0. The topological polar surface area (TPSA) is 68.3 Å². The zero-order chi connectivity index (χ0) is 22.4. The maximum Gasteiger partial charge on any atom is 0.410 e. The van der Waals surface area contributed by atoms with E-state index >= 15 is 0 Å². The van der Waals surface area contributed by atoms with Crippen LogP contribution in [-0.2, 0) is 19.1 Å². The fourth-order valence-electron chi connectivity index (χ4n) is 3.36. The van der Waals surface area contributed by atoms with Crippen LogP contribution in [0.2, 0.25) is 0 Å². The number of hydrogen-bond acceptors (Lipinski definition) is 6. The van der Waals surface area contributed by atoms with Crippen LogP contribution in [0, 0.1) is 5.41 Å². The van der Waals surface area contributed by atoms with E-state index in [-0.39, 0.29) is 19.6 Å². The lowest BCUT2D eigenvalue weighted by atomic mass is 9.89. The van der Waals surface area contributed by atoms with E-state index in [9.17, 15) is 18.4 Å². The summed E-state index contributed by atoms with van der Waals surface area (Å²) in [7, 11) is 0. The molecule has 0 bridgehead atoms. The standard InChI is InChI=1S/C20H34F2N2O5/c1-17(2,3)28-15(25)19(7,8)9-10-24-14-13(11-27-24)23(12-20(14,21)22)16(26)29-18(4,5)6/h13-14H,9-12H2,1-8H3. The molecule has 2 atom stereocenters. The second kappa shape index (κ2) is 7.65. The molecule has 2 aliphatic rings. The molecule has 2 saturated heterocycles. The molecule has 29 heavy (non-hydrogen) atoms. The highest BCUT2D eigenvalue weighted by molar-refractivity contribution is 5.76. The van der Waals surface area contributed by atoms with Gasteiger partial charge in [-0.05, 0) is 61.8 Å². The molecule has 0 saturated carbocycles. The highest BCUT2D eigenvalue weighted by Gasteiger charge is 2.62. The molecule has 0 radical (unpaired) electrons. The van der Waals surface area contributed by atoms with E-state index in [1.807, 2.05) is 0 Å². The molecule has 0 spiro atoms. The number of esters is 1. The van der Waals surface area contributed by atoms with Gasteiger partial charge in [0.15, 0.2) is 0 Å². The first-order chi connectivity index (χ1) is 12.9. The first-order valence-corrected chi connectivity index (χ1v) is 9.93. The van der Waals surface area contributed by atoms with E-state index in [1.54, 1.807) is 55.4 Å². The van der Waals surface area contributed by atoms with Crippen LogP contribution in [-0.4, -0.2) is 70.9 Å². The molecule has 0 aromatic carbocycles. The second-order valence-corrected chi connectivity index (χ2v) is 10.5. The molecule has 1 amide bonds. The van der Waals surface area contributed by atoms with Crippen LogP contribution in [0.5, 0.6) is 0 Å². The van der Waals surface area contributed by atoms with Crippen molar-refractivity contribution < 1.29 is 32.7 Å². The van der Waals surface area contributed by atoms with Crippen LogP contribution in [0.4, 0.5) is 13.6 Å². The number of hydroxylamine groups is 2. The van der Waals surface area contributed by atoms with Crippen molar-refractivity contribution in [1.82, 2.24) is 9.96 Å². The van der Waals surface area contributed by atoms with Crippen molar-refractivity contribution in [3.8, 4) is 0 Å². The second-order valence-electron chi connectivity index (χ2n) is 10.5. The summed E-state index contributed by atoms with van der Waals surface area (Å²) in [5.74, 6) is -3.54. The minimum absolute atomic E-state index is 0.0354. The first-order valence-electron chi connectivity index (χ1n) is 9.93. The maximum atomic E-state index is 14.7. The van der Waals surface area contributed by atoms with E-state index in [4.69, 9.17) is 14.3 Å². The Bertz CT molecular complexity index is 640. The minimum Gasteiger partial charge on any atom is -0.460 e. The Hall–Kier alpha value is -1.48. The number of ether oxygens (including phenoxy) is 2. The van der Waals surface area contributed by atoms with Crippen LogP contribution >= 0.6 is 0 Å². The Morgan fingerprint density at radius 3 is 2.10 bits per heavy atom. The lowest BCUT2D eigenvalue weighted by molar-refractivity contribution is -0.188. The summed E-state index contributed by atoms with van der Waals surface area (Å²) in [5.41, 5.74) is -2.27. The molecule has 0 aromatic heterocycles. The third-order valence-electron chi connectivity index (χ3n) is 4.84. The molecule has 2 rings (SSSR count). The predicted octanol–water partition coefficient (Wildman–Crippen LogP) is 3.61. The van der Waals surface area contributed by atoms with Gasteiger partial charge in [-0.1, -0.05) is 0 Å². The van der Waals surface area contributed by atoms with E-state index in [0.29, 0.717) is 0 Å². The van der Waals surface area contributed by atoms with Gasteiger partial charge in [0.2, 0.25) is 0 Å². The third kappa shape index (κ3) is 5.78. The molecule has 0 aliphatic carbocycles. The van der Waals surface area contributed by atoms with Gasteiger partial charge in [-0.15, -0.1) is 0 Å².